The van der Waals surface area contributed by atoms with Crippen LogP contribution in [0.3, 0.4) is 0 Å². The topological polar surface area (TPSA) is 51.2 Å². The largest absolute Gasteiger partial charge is 0.308 e. The minimum atomic E-state index is -2.71. The summed E-state index contributed by atoms with van der Waals surface area (Å²) in [6.07, 6.45) is 0. The zero-order chi connectivity index (χ0) is 6.62. The summed E-state index contributed by atoms with van der Waals surface area (Å²) in [7, 11) is -2.71. The molecule has 0 atom stereocenters. The normalized spacial score (nSPS) is 10.1. The molecule has 0 rings (SSSR count). The summed E-state index contributed by atoms with van der Waals surface area (Å²) < 4.78 is 0. The van der Waals surface area contributed by atoms with Gasteiger partial charge in [0.1, 0.15) is 17.7 Å². The zero-order valence-corrected chi connectivity index (χ0v) is 5.46. The van der Waals surface area contributed by atoms with Gasteiger partial charge in [0.25, 0.3) is 8.07 Å². The molecular weight excluding hydrogens is 124 g/mol. The summed E-state index contributed by atoms with van der Waals surface area (Å²) in [6.45, 7) is 1.39. The van der Waals surface area contributed by atoms with E-state index in [1.807, 2.05) is 0 Å². The molecule has 0 aromatic carbocycles. The van der Waals surface area contributed by atoms with Crippen molar-refractivity contribution in [2.24, 2.45) is 0 Å². The molecule has 0 aromatic heterocycles. The molecule has 0 saturated heterocycles. The second kappa shape index (κ2) is 2.51. The molecule has 4 heteroatoms. The van der Waals surface area contributed by atoms with Crippen LogP contribution in [0.4, 0.5) is 0 Å². The fourth-order valence-electron chi connectivity index (χ4n) is 0.0833. The number of carbonyl (C=O) groups excluding carboxylic acids is 3. The lowest BCUT2D eigenvalue weighted by Gasteiger charge is -1.96. The smallest absolute Gasteiger partial charge is 0.264 e. The fourth-order valence-corrected chi connectivity index (χ4v) is 0.250. The van der Waals surface area contributed by atoms with Crippen LogP contribution in [0.25, 0.3) is 0 Å². The van der Waals surface area contributed by atoms with Gasteiger partial charge in [-0.2, -0.15) is 0 Å². The lowest BCUT2D eigenvalue weighted by molar-refractivity contribution is 0.557. The quantitative estimate of drug-likeness (QED) is 0.378. The summed E-state index contributed by atoms with van der Waals surface area (Å²) >= 11 is 0. The number of carbonyl (C=O) groups is 3. The Labute approximate surface area is 47.7 Å². The molecule has 0 aliphatic carbocycles. The van der Waals surface area contributed by atoms with Crippen LogP contribution < -0.4 is 0 Å². The standard InChI is InChI=1S/C4H6O3Si/c1-8(2-5,3-6)4-7/h2-4H,1H3. The molecule has 0 amide bonds. The summed E-state index contributed by atoms with van der Waals surface area (Å²) in [6, 6.07) is 0. The van der Waals surface area contributed by atoms with Crippen molar-refractivity contribution in [3.05, 3.63) is 0 Å². The third-order valence-electron chi connectivity index (χ3n) is 0.762. The van der Waals surface area contributed by atoms with E-state index in [1.165, 1.54) is 6.55 Å². The highest BCUT2D eigenvalue weighted by molar-refractivity contribution is 7.32. The first-order valence-electron chi connectivity index (χ1n) is 2.07. The molecule has 0 spiro atoms. The highest BCUT2D eigenvalue weighted by atomic mass is 28.3. The van der Waals surface area contributed by atoms with E-state index in [2.05, 4.69) is 0 Å². The summed E-state index contributed by atoms with van der Waals surface area (Å²) in [5, 5.41) is 0. The molecule has 0 aromatic rings. The molecular formula is C4H6O3Si. The number of hydrogen-bond donors (Lipinski definition) is 0. The van der Waals surface area contributed by atoms with Crippen molar-refractivity contribution < 1.29 is 14.4 Å². The lowest BCUT2D eigenvalue weighted by atomic mass is 11.7. The van der Waals surface area contributed by atoms with Gasteiger partial charge in [-0.15, -0.1) is 0 Å². The Kier molecular flexibility index (Phi) is 2.27. The molecule has 8 heavy (non-hydrogen) atoms. The predicted octanol–water partition coefficient (Wildman–Crippen LogP) is -0.619. The van der Waals surface area contributed by atoms with Crippen LogP contribution in [0.5, 0.6) is 0 Å². The maximum absolute atomic E-state index is 9.89. The van der Waals surface area contributed by atoms with Crippen molar-refractivity contribution in [3.63, 3.8) is 0 Å². The van der Waals surface area contributed by atoms with E-state index in [4.69, 9.17) is 0 Å². The van der Waals surface area contributed by atoms with E-state index in [0.29, 0.717) is 17.7 Å². The van der Waals surface area contributed by atoms with Gasteiger partial charge in [-0.3, -0.25) is 0 Å². The molecule has 0 fully saturated rings. The molecule has 0 saturated carbocycles. The van der Waals surface area contributed by atoms with E-state index in [-0.39, 0.29) is 0 Å². The monoisotopic (exact) mass is 130 g/mol. The maximum atomic E-state index is 9.89. The van der Waals surface area contributed by atoms with Crippen molar-refractivity contribution in [3.8, 4) is 0 Å². The van der Waals surface area contributed by atoms with Gasteiger partial charge >= 0.3 is 0 Å². The van der Waals surface area contributed by atoms with Crippen LogP contribution in [-0.2, 0) is 14.4 Å². The van der Waals surface area contributed by atoms with Gasteiger partial charge in [0, 0.05) is 0 Å². The highest BCUT2D eigenvalue weighted by Gasteiger charge is 2.25. The van der Waals surface area contributed by atoms with Gasteiger partial charge in [-0.05, 0) is 0 Å². The molecule has 44 valence electrons. The van der Waals surface area contributed by atoms with Crippen molar-refractivity contribution in [2.75, 3.05) is 0 Å². The molecule has 0 aliphatic rings. The summed E-state index contributed by atoms with van der Waals surface area (Å²) in [5.41, 5.74) is 0. The first-order valence-corrected chi connectivity index (χ1v) is 4.81. The second-order valence-electron chi connectivity index (χ2n) is 1.72. The van der Waals surface area contributed by atoms with E-state index in [1.54, 1.807) is 0 Å². The molecule has 0 unspecified atom stereocenters. The SMILES string of the molecule is C[Si](C=O)(C=O)C=O. The lowest BCUT2D eigenvalue weighted by Crippen LogP contribution is -2.37. The van der Waals surface area contributed by atoms with Gasteiger partial charge in [0.05, 0.1) is 0 Å². The van der Waals surface area contributed by atoms with Gasteiger partial charge in [-0.1, -0.05) is 6.55 Å². The zero-order valence-electron chi connectivity index (χ0n) is 4.46. The Morgan fingerprint density at radius 2 is 1.25 bits per heavy atom. The van der Waals surface area contributed by atoms with Crippen molar-refractivity contribution in [1.29, 1.82) is 0 Å². The van der Waals surface area contributed by atoms with Crippen molar-refractivity contribution in [2.45, 2.75) is 6.55 Å². The Morgan fingerprint density at radius 1 is 1.00 bits per heavy atom. The minimum Gasteiger partial charge on any atom is -0.308 e. The van der Waals surface area contributed by atoms with Gasteiger partial charge in [0.15, 0.2) is 0 Å². The average molecular weight is 130 g/mol. The van der Waals surface area contributed by atoms with Crippen molar-refractivity contribution >= 4 is 25.8 Å². The number of hydrogen-bond acceptors (Lipinski definition) is 3. The number of rotatable bonds is 3. The first-order chi connectivity index (χ1) is 3.68. The van der Waals surface area contributed by atoms with Gasteiger partial charge in [-0.25, -0.2) is 0 Å². The maximum Gasteiger partial charge on any atom is 0.264 e. The Morgan fingerprint density at radius 3 is 1.25 bits per heavy atom. The van der Waals surface area contributed by atoms with Crippen LogP contribution in [0.15, 0.2) is 0 Å². The van der Waals surface area contributed by atoms with E-state index >= 15 is 0 Å². The van der Waals surface area contributed by atoms with Gasteiger partial charge < -0.3 is 14.4 Å². The van der Waals surface area contributed by atoms with Crippen molar-refractivity contribution in [1.82, 2.24) is 0 Å². The van der Waals surface area contributed by atoms with Crippen LogP contribution in [0.2, 0.25) is 6.55 Å². The van der Waals surface area contributed by atoms with Gasteiger partial charge in [0.2, 0.25) is 0 Å². The van der Waals surface area contributed by atoms with Crippen LogP contribution in [0.1, 0.15) is 0 Å². The fraction of sp³-hybridized carbons (Fsp3) is 0.250. The molecule has 3 nitrogen and oxygen atoms in total. The van der Waals surface area contributed by atoms with E-state index in [0.717, 1.165) is 0 Å². The molecule has 0 N–H and O–H groups in total. The Hall–Kier alpha value is -0.773. The second-order valence-corrected chi connectivity index (χ2v) is 5.16. The van der Waals surface area contributed by atoms with Crippen LogP contribution in [0, 0.1) is 0 Å². The third kappa shape index (κ3) is 1.38. The summed E-state index contributed by atoms with van der Waals surface area (Å²) in [5.74, 6) is 1.35. The van der Waals surface area contributed by atoms with E-state index in [9.17, 15) is 14.4 Å². The molecule has 0 bridgehead atoms. The molecule has 0 radical (unpaired) electrons. The predicted molar refractivity (Wildman–Crippen MR) is 31.9 cm³/mol. The summed E-state index contributed by atoms with van der Waals surface area (Å²) in [4.78, 5) is 29.7. The first kappa shape index (κ1) is 7.23. The van der Waals surface area contributed by atoms with Crippen LogP contribution >= 0.6 is 0 Å². The Balaban J connectivity index is 4.18. The third-order valence-corrected chi connectivity index (χ3v) is 2.29. The molecule has 0 aliphatic heterocycles. The van der Waals surface area contributed by atoms with Crippen LogP contribution in [-0.4, -0.2) is 25.8 Å². The highest BCUT2D eigenvalue weighted by Crippen LogP contribution is 1.85. The van der Waals surface area contributed by atoms with E-state index < -0.39 is 8.07 Å². The average Bonchev–Trinajstić information content (AvgIpc) is 1.87. The molecule has 0 heterocycles. The Bertz CT molecular complexity index is 98.7. The minimum absolute atomic E-state index is 0.451.